The molecule has 0 radical (unpaired) electrons. The third-order valence-corrected chi connectivity index (χ3v) is 3.99. The molecule has 2 aromatic rings. The Hall–Kier alpha value is -1.93. The Morgan fingerprint density at radius 3 is 2.73 bits per heavy atom. The van der Waals surface area contributed by atoms with Crippen molar-refractivity contribution in [3.63, 3.8) is 0 Å². The molecule has 1 N–H and O–H groups in total. The van der Waals surface area contributed by atoms with Gasteiger partial charge in [0.25, 0.3) is 0 Å². The molecule has 0 aromatic heterocycles. The maximum absolute atomic E-state index is 9.55. The molecule has 0 atom stereocenters. The van der Waals surface area contributed by atoms with E-state index in [1.54, 1.807) is 13.2 Å². The molecule has 22 heavy (non-hydrogen) atoms. The first-order chi connectivity index (χ1) is 10.6. The van der Waals surface area contributed by atoms with Crippen molar-refractivity contribution in [2.75, 3.05) is 7.11 Å². The molecule has 3 heteroatoms. The molecule has 0 aliphatic carbocycles. The van der Waals surface area contributed by atoms with E-state index in [0.717, 1.165) is 35.4 Å². The van der Waals surface area contributed by atoms with Gasteiger partial charge in [0.1, 0.15) is 0 Å². The summed E-state index contributed by atoms with van der Waals surface area (Å²) in [5.74, 6) is 0.660. The molecule has 0 fully saturated rings. The topological polar surface area (TPSA) is 29.5 Å². The van der Waals surface area contributed by atoms with Gasteiger partial charge in [0.2, 0.25) is 0 Å². The highest BCUT2D eigenvalue weighted by atomic mass is 35.5. The minimum atomic E-state index is 0.163. The molecule has 2 nitrogen and oxygen atoms in total. The number of methoxy groups -OCH3 is 1. The molecule has 0 heterocycles. The number of benzene rings is 2. The van der Waals surface area contributed by atoms with Crippen LogP contribution in [0.3, 0.4) is 0 Å². The van der Waals surface area contributed by atoms with Gasteiger partial charge in [-0.25, -0.2) is 0 Å². The average molecular weight is 317 g/mol. The zero-order chi connectivity index (χ0) is 15.9. The second-order valence-electron chi connectivity index (χ2n) is 5.31. The summed E-state index contributed by atoms with van der Waals surface area (Å²) < 4.78 is 5.10. The van der Waals surface area contributed by atoms with Gasteiger partial charge in [-0.3, -0.25) is 0 Å². The van der Waals surface area contributed by atoms with E-state index in [1.807, 2.05) is 31.2 Å². The summed E-state index contributed by atoms with van der Waals surface area (Å²) in [5.41, 5.74) is 3.41. The number of aryl methyl sites for hydroxylation is 2. The number of unbranched alkanes of at least 4 members (excludes halogenated alkanes) is 1. The first-order valence-electron chi connectivity index (χ1n) is 7.38. The number of rotatable bonds is 6. The van der Waals surface area contributed by atoms with Crippen LogP contribution in [0.5, 0.6) is 11.5 Å². The molecule has 2 rings (SSSR count). The van der Waals surface area contributed by atoms with Gasteiger partial charge in [0.05, 0.1) is 7.11 Å². The number of ether oxygens (including phenoxy) is 1. The van der Waals surface area contributed by atoms with Gasteiger partial charge >= 0.3 is 0 Å². The van der Waals surface area contributed by atoms with Crippen molar-refractivity contribution >= 4 is 17.7 Å². The molecule has 0 amide bonds. The van der Waals surface area contributed by atoms with Gasteiger partial charge in [-0.15, -0.1) is 0 Å². The number of hydrogen-bond donors (Lipinski definition) is 1. The van der Waals surface area contributed by atoms with E-state index >= 15 is 0 Å². The summed E-state index contributed by atoms with van der Waals surface area (Å²) in [6, 6.07) is 11.6. The molecule has 2 aromatic carbocycles. The standard InChI is InChI=1S/C19H21ClO2/c1-14-8-9-15(12-17(14)20)6-4-3-5-7-16-10-11-18(21)19(13-16)22-2/h5,7-13,21H,3-4,6H2,1-2H3. The largest absolute Gasteiger partial charge is 0.504 e. The summed E-state index contributed by atoms with van der Waals surface area (Å²) in [4.78, 5) is 0. The normalized spacial score (nSPS) is 11.0. The molecule has 0 bridgehead atoms. The lowest BCUT2D eigenvalue weighted by atomic mass is 10.1. The lowest BCUT2D eigenvalue weighted by Gasteiger charge is -2.04. The molecule has 116 valence electrons. The van der Waals surface area contributed by atoms with Gasteiger partial charge < -0.3 is 9.84 Å². The van der Waals surface area contributed by atoms with Crippen molar-refractivity contribution in [1.82, 2.24) is 0 Å². The van der Waals surface area contributed by atoms with Crippen LogP contribution < -0.4 is 4.74 Å². The van der Waals surface area contributed by atoms with Crippen LogP contribution >= 0.6 is 11.6 Å². The van der Waals surface area contributed by atoms with Crippen LogP contribution in [0.15, 0.2) is 42.5 Å². The lowest BCUT2D eigenvalue weighted by molar-refractivity contribution is 0.373. The van der Waals surface area contributed by atoms with E-state index in [2.05, 4.69) is 18.2 Å². The van der Waals surface area contributed by atoms with Gasteiger partial charge in [-0.2, -0.15) is 0 Å². The number of aromatic hydroxyl groups is 1. The monoisotopic (exact) mass is 316 g/mol. The van der Waals surface area contributed by atoms with Gasteiger partial charge in [-0.05, 0) is 61.1 Å². The van der Waals surface area contributed by atoms with Crippen molar-refractivity contribution in [2.45, 2.75) is 26.2 Å². The van der Waals surface area contributed by atoms with Crippen LogP contribution in [0.2, 0.25) is 5.02 Å². The van der Waals surface area contributed by atoms with Crippen LogP contribution in [0.4, 0.5) is 0 Å². The van der Waals surface area contributed by atoms with Crippen molar-refractivity contribution in [3.8, 4) is 11.5 Å². The predicted octanol–water partition coefficient (Wildman–Crippen LogP) is 5.40. The Bertz CT molecular complexity index is 662. The summed E-state index contributed by atoms with van der Waals surface area (Å²) >= 11 is 6.13. The van der Waals surface area contributed by atoms with Crippen molar-refractivity contribution in [3.05, 3.63) is 64.2 Å². The second kappa shape index (κ2) is 7.90. The minimum Gasteiger partial charge on any atom is -0.504 e. The zero-order valence-electron chi connectivity index (χ0n) is 13.0. The van der Waals surface area contributed by atoms with E-state index < -0.39 is 0 Å². The fraction of sp³-hybridized carbons (Fsp3) is 0.263. The van der Waals surface area contributed by atoms with Crippen molar-refractivity contribution in [1.29, 1.82) is 0 Å². The quantitative estimate of drug-likeness (QED) is 0.723. The first kappa shape index (κ1) is 16.4. The first-order valence-corrected chi connectivity index (χ1v) is 7.76. The van der Waals surface area contributed by atoms with E-state index in [0.29, 0.717) is 5.75 Å². The number of phenolic OH excluding ortho intramolecular Hbond substituents is 1. The van der Waals surface area contributed by atoms with Gasteiger partial charge in [0.15, 0.2) is 11.5 Å². The second-order valence-corrected chi connectivity index (χ2v) is 5.72. The average Bonchev–Trinajstić information content (AvgIpc) is 2.52. The highest BCUT2D eigenvalue weighted by Crippen LogP contribution is 2.26. The van der Waals surface area contributed by atoms with E-state index in [4.69, 9.17) is 16.3 Å². The summed E-state index contributed by atoms with van der Waals surface area (Å²) in [5, 5.41) is 10.4. The molecule has 0 saturated heterocycles. The van der Waals surface area contributed by atoms with Crippen LogP contribution in [-0.2, 0) is 6.42 Å². The Labute approximate surface area is 137 Å². The lowest BCUT2D eigenvalue weighted by Crippen LogP contribution is -1.86. The number of phenols is 1. The Balaban J connectivity index is 1.84. The highest BCUT2D eigenvalue weighted by molar-refractivity contribution is 6.31. The number of hydrogen-bond acceptors (Lipinski definition) is 2. The van der Waals surface area contributed by atoms with E-state index in [9.17, 15) is 5.11 Å². The molecule has 0 aliphatic rings. The summed E-state index contributed by atoms with van der Waals surface area (Å²) in [6.07, 6.45) is 7.27. The van der Waals surface area contributed by atoms with Gasteiger partial charge in [0, 0.05) is 5.02 Å². The summed E-state index contributed by atoms with van der Waals surface area (Å²) in [6.45, 7) is 2.01. The van der Waals surface area contributed by atoms with E-state index in [1.165, 1.54) is 5.56 Å². The highest BCUT2D eigenvalue weighted by Gasteiger charge is 2.00. The fourth-order valence-electron chi connectivity index (χ4n) is 2.23. The zero-order valence-corrected chi connectivity index (χ0v) is 13.7. The molecule has 0 spiro atoms. The smallest absolute Gasteiger partial charge is 0.161 e. The van der Waals surface area contributed by atoms with Crippen molar-refractivity contribution in [2.24, 2.45) is 0 Å². The van der Waals surface area contributed by atoms with Crippen LogP contribution in [0, 0.1) is 6.92 Å². The van der Waals surface area contributed by atoms with Crippen LogP contribution in [0.1, 0.15) is 29.5 Å². The SMILES string of the molecule is COc1cc(C=CCCCc2ccc(C)c(Cl)c2)ccc1O. The minimum absolute atomic E-state index is 0.163. The molecule has 0 aliphatic heterocycles. The Morgan fingerprint density at radius 2 is 2.00 bits per heavy atom. The van der Waals surface area contributed by atoms with Crippen molar-refractivity contribution < 1.29 is 9.84 Å². The third kappa shape index (κ3) is 4.54. The fourth-order valence-corrected chi connectivity index (χ4v) is 2.44. The molecule has 0 unspecified atom stereocenters. The van der Waals surface area contributed by atoms with E-state index in [-0.39, 0.29) is 5.75 Å². The Kier molecular flexibility index (Phi) is 5.91. The number of halogens is 1. The van der Waals surface area contributed by atoms with Gasteiger partial charge in [-0.1, -0.05) is 42.0 Å². The van der Waals surface area contributed by atoms with Crippen LogP contribution in [-0.4, -0.2) is 12.2 Å². The molecular formula is C19H21ClO2. The maximum atomic E-state index is 9.55. The maximum Gasteiger partial charge on any atom is 0.161 e. The molecular weight excluding hydrogens is 296 g/mol. The predicted molar refractivity (Wildman–Crippen MR) is 92.8 cm³/mol. The molecule has 0 saturated carbocycles. The summed E-state index contributed by atoms with van der Waals surface area (Å²) in [7, 11) is 1.55. The third-order valence-electron chi connectivity index (χ3n) is 3.59. The Morgan fingerprint density at radius 1 is 1.18 bits per heavy atom. The number of allylic oxidation sites excluding steroid dienone is 1. The van der Waals surface area contributed by atoms with Crippen LogP contribution in [0.25, 0.3) is 6.08 Å².